The Morgan fingerprint density at radius 1 is 1.37 bits per heavy atom. The minimum absolute atomic E-state index is 0.0959. The van der Waals surface area contributed by atoms with Gasteiger partial charge in [-0.15, -0.1) is 6.42 Å². The number of terminal acetylenes is 1. The maximum atomic E-state index is 13.0. The Bertz CT molecular complexity index is 497. The third-order valence-corrected chi connectivity index (χ3v) is 3.25. The number of hydrogen-bond donors (Lipinski definition) is 0. The van der Waals surface area contributed by atoms with E-state index in [1.165, 1.54) is 6.20 Å². The van der Waals surface area contributed by atoms with Crippen LogP contribution in [-0.2, 0) is 6.18 Å². The van der Waals surface area contributed by atoms with Crippen molar-refractivity contribution in [3.05, 3.63) is 17.6 Å². The van der Waals surface area contributed by atoms with Gasteiger partial charge in [0.15, 0.2) is 11.5 Å². The normalized spacial score (nSPS) is 17.3. The number of rotatable bonds is 1. The maximum absolute atomic E-state index is 13.0. The highest BCUT2D eigenvalue weighted by Gasteiger charge is 2.38. The molecule has 0 bridgehead atoms. The maximum Gasteiger partial charge on any atom is 0.437 e. The highest BCUT2D eigenvalue weighted by Crippen LogP contribution is 2.35. The predicted octanol–water partition coefficient (Wildman–Crippen LogP) is 2.71. The minimum atomic E-state index is -4.54. The summed E-state index contributed by atoms with van der Waals surface area (Å²) in [6.07, 6.45) is 3.46. The van der Waals surface area contributed by atoms with Crippen LogP contribution in [0.4, 0.5) is 19.0 Å². The fourth-order valence-electron chi connectivity index (χ4n) is 2.09. The van der Waals surface area contributed by atoms with Crippen LogP contribution in [0.15, 0.2) is 6.20 Å². The predicted molar refractivity (Wildman–Crippen MR) is 65.6 cm³/mol. The summed E-state index contributed by atoms with van der Waals surface area (Å²) < 4.78 is 39.0. The molecule has 1 saturated heterocycles. The minimum Gasteiger partial charge on any atom is -0.355 e. The lowest BCUT2D eigenvalue weighted by molar-refractivity contribution is -0.140. The molecule has 0 saturated carbocycles. The van der Waals surface area contributed by atoms with E-state index in [0.29, 0.717) is 19.0 Å². The Kier molecular flexibility index (Phi) is 3.65. The van der Waals surface area contributed by atoms with Crippen LogP contribution in [0.5, 0.6) is 0 Å². The zero-order valence-corrected chi connectivity index (χ0v) is 10.5. The summed E-state index contributed by atoms with van der Waals surface area (Å²) in [7, 11) is 0. The molecule has 1 aromatic rings. The summed E-state index contributed by atoms with van der Waals surface area (Å²) in [5.74, 6) is 2.50. The molecule has 0 amide bonds. The first kappa shape index (κ1) is 13.7. The van der Waals surface area contributed by atoms with Crippen molar-refractivity contribution < 1.29 is 13.2 Å². The van der Waals surface area contributed by atoms with Gasteiger partial charge in [-0.1, -0.05) is 6.92 Å². The quantitative estimate of drug-likeness (QED) is 0.734. The molecule has 0 radical (unpaired) electrons. The molecule has 1 fully saturated rings. The summed E-state index contributed by atoms with van der Waals surface area (Å²) in [6.45, 7) is 3.22. The van der Waals surface area contributed by atoms with Crippen molar-refractivity contribution >= 4 is 5.82 Å². The standard InChI is InChI=1S/C13H14F3N3/c1-3-10-8-17-12(11(18-10)13(14,15)16)19-6-4-9(2)5-7-19/h1,8-9H,4-7H2,2H3. The van der Waals surface area contributed by atoms with E-state index in [9.17, 15) is 13.2 Å². The van der Waals surface area contributed by atoms with Crippen molar-refractivity contribution in [2.45, 2.75) is 25.9 Å². The zero-order chi connectivity index (χ0) is 14.0. The summed E-state index contributed by atoms with van der Waals surface area (Å²) >= 11 is 0. The number of aromatic nitrogens is 2. The molecular formula is C13H14F3N3. The third kappa shape index (κ3) is 2.98. The number of anilines is 1. The van der Waals surface area contributed by atoms with Gasteiger partial charge >= 0.3 is 6.18 Å². The van der Waals surface area contributed by atoms with Crippen molar-refractivity contribution in [3.63, 3.8) is 0 Å². The lowest BCUT2D eigenvalue weighted by Gasteiger charge is -2.32. The molecule has 2 heterocycles. The SMILES string of the molecule is C#Cc1cnc(N2CCC(C)CC2)c(C(F)(F)F)n1. The Morgan fingerprint density at radius 3 is 2.53 bits per heavy atom. The van der Waals surface area contributed by atoms with Crippen LogP contribution in [0.2, 0.25) is 0 Å². The molecule has 2 rings (SSSR count). The summed E-state index contributed by atoms with van der Waals surface area (Å²) in [5, 5.41) is 0. The van der Waals surface area contributed by atoms with Crippen molar-refractivity contribution in [1.29, 1.82) is 0 Å². The molecule has 1 aromatic heterocycles. The fraction of sp³-hybridized carbons (Fsp3) is 0.538. The van der Waals surface area contributed by atoms with Gasteiger partial charge in [0.2, 0.25) is 0 Å². The average molecular weight is 269 g/mol. The van der Waals surface area contributed by atoms with Gasteiger partial charge in [0.1, 0.15) is 5.69 Å². The Labute approximate surface area is 109 Å². The van der Waals surface area contributed by atoms with Gasteiger partial charge < -0.3 is 4.90 Å². The van der Waals surface area contributed by atoms with Crippen LogP contribution in [-0.4, -0.2) is 23.1 Å². The van der Waals surface area contributed by atoms with Gasteiger partial charge in [0, 0.05) is 13.1 Å². The summed E-state index contributed by atoms with van der Waals surface area (Å²) in [6, 6.07) is 0. The van der Waals surface area contributed by atoms with E-state index in [1.807, 2.05) is 0 Å². The van der Waals surface area contributed by atoms with Gasteiger partial charge in [-0.2, -0.15) is 13.2 Å². The first-order valence-electron chi connectivity index (χ1n) is 6.07. The topological polar surface area (TPSA) is 29.0 Å². The first-order chi connectivity index (χ1) is 8.91. The van der Waals surface area contributed by atoms with Crippen LogP contribution in [0.1, 0.15) is 31.2 Å². The molecule has 0 aromatic carbocycles. The highest BCUT2D eigenvalue weighted by atomic mass is 19.4. The second kappa shape index (κ2) is 5.08. The van der Waals surface area contributed by atoms with Crippen LogP contribution >= 0.6 is 0 Å². The zero-order valence-electron chi connectivity index (χ0n) is 10.5. The summed E-state index contributed by atoms with van der Waals surface area (Å²) in [5.41, 5.74) is -1.08. The van der Waals surface area contributed by atoms with Crippen molar-refractivity contribution in [2.24, 2.45) is 5.92 Å². The van der Waals surface area contributed by atoms with E-state index in [2.05, 4.69) is 22.8 Å². The fourth-order valence-corrected chi connectivity index (χ4v) is 2.09. The third-order valence-electron chi connectivity index (χ3n) is 3.25. The summed E-state index contributed by atoms with van der Waals surface area (Å²) in [4.78, 5) is 8.99. The molecule has 0 N–H and O–H groups in total. The Morgan fingerprint density at radius 2 is 2.00 bits per heavy atom. The second-order valence-electron chi connectivity index (χ2n) is 4.74. The number of nitrogens with zero attached hydrogens (tertiary/aromatic N) is 3. The molecular weight excluding hydrogens is 255 g/mol. The van der Waals surface area contributed by atoms with Crippen molar-refractivity contribution in [3.8, 4) is 12.3 Å². The number of alkyl halides is 3. The van der Waals surface area contributed by atoms with Gasteiger partial charge in [-0.25, -0.2) is 9.97 Å². The van der Waals surface area contributed by atoms with Gasteiger partial charge in [-0.05, 0) is 24.7 Å². The van der Waals surface area contributed by atoms with E-state index in [4.69, 9.17) is 6.42 Å². The van der Waals surface area contributed by atoms with Crippen LogP contribution < -0.4 is 4.90 Å². The van der Waals surface area contributed by atoms with E-state index >= 15 is 0 Å². The molecule has 1 aliphatic rings. The average Bonchev–Trinajstić information content (AvgIpc) is 2.38. The molecule has 0 atom stereocenters. The Hall–Kier alpha value is -1.77. The van der Waals surface area contributed by atoms with Crippen LogP contribution in [0, 0.1) is 18.3 Å². The molecule has 102 valence electrons. The molecule has 19 heavy (non-hydrogen) atoms. The molecule has 0 unspecified atom stereocenters. The largest absolute Gasteiger partial charge is 0.437 e. The van der Waals surface area contributed by atoms with Gasteiger partial charge in [-0.3, -0.25) is 0 Å². The Balaban J connectivity index is 2.37. The van der Waals surface area contributed by atoms with Crippen LogP contribution in [0.25, 0.3) is 0 Å². The first-order valence-corrected chi connectivity index (χ1v) is 6.07. The van der Waals surface area contributed by atoms with Crippen molar-refractivity contribution in [2.75, 3.05) is 18.0 Å². The van der Waals surface area contributed by atoms with Gasteiger partial charge in [0.05, 0.1) is 6.20 Å². The second-order valence-corrected chi connectivity index (χ2v) is 4.74. The van der Waals surface area contributed by atoms with E-state index < -0.39 is 11.9 Å². The molecule has 0 spiro atoms. The molecule has 3 nitrogen and oxygen atoms in total. The smallest absolute Gasteiger partial charge is 0.355 e. The van der Waals surface area contributed by atoms with E-state index in [1.54, 1.807) is 4.90 Å². The van der Waals surface area contributed by atoms with E-state index in [0.717, 1.165) is 12.8 Å². The lowest BCUT2D eigenvalue weighted by atomic mass is 9.99. The lowest BCUT2D eigenvalue weighted by Crippen LogP contribution is -2.35. The highest BCUT2D eigenvalue weighted by molar-refractivity contribution is 5.47. The monoisotopic (exact) mass is 269 g/mol. The molecule has 6 heteroatoms. The molecule has 0 aliphatic carbocycles. The van der Waals surface area contributed by atoms with Gasteiger partial charge in [0.25, 0.3) is 0 Å². The number of piperidine rings is 1. The molecule has 1 aliphatic heterocycles. The van der Waals surface area contributed by atoms with E-state index in [-0.39, 0.29) is 11.5 Å². The van der Waals surface area contributed by atoms with Crippen molar-refractivity contribution in [1.82, 2.24) is 9.97 Å². The number of halogens is 3. The van der Waals surface area contributed by atoms with Crippen LogP contribution in [0.3, 0.4) is 0 Å². The number of hydrogen-bond acceptors (Lipinski definition) is 3.